The molecule has 1 aromatic carbocycles. The normalized spacial score (nSPS) is 13.0. The first-order valence-electron chi connectivity index (χ1n) is 9.05. The number of alkyl halides is 6. The number of anilines is 1. The predicted molar refractivity (Wildman–Crippen MR) is 101 cm³/mol. The molecule has 1 rings (SSSR count). The van der Waals surface area contributed by atoms with Crippen molar-refractivity contribution in [2.45, 2.75) is 26.2 Å². The molecule has 4 nitrogen and oxygen atoms in total. The van der Waals surface area contributed by atoms with Crippen LogP contribution in [0.2, 0.25) is 0 Å². The van der Waals surface area contributed by atoms with Crippen LogP contribution in [0.4, 0.5) is 32.0 Å². The van der Waals surface area contributed by atoms with E-state index in [4.69, 9.17) is 0 Å². The average molecular weight is 439 g/mol. The molecule has 0 bridgehead atoms. The number of carbonyl (C=O) groups is 1. The van der Waals surface area contributed by atoms with Crippen LogP contribution in [0.1, 0.15) is 19.4 Å². The van der Waals surface area contributed by atoms with Crippen LogP contribution in [0.3, 0.4) is 0 Å². The molecule has 0 aliphatic rings. The Morgan fingerprint density at radius 1 is 0.967 bits per heavy atom. The van der Waals surface area contributed by atoms with Crippen LogP contribution >= 0.6 is 0 Å². The lowest BCUT2D eigenvalue weighted by Gasteiger charge is -2.20. The van der Waals surface area contributed by atoms with Gasteiger partial charge in [-0.15, -0.1) is 0 Å². The summed E-state index contributed by atoms with van der Waals surface area (Å²) < 4.78 is 81.7. The number of nitrogens with zero attached hydrogens (tertiary/aromatic N) is 1. The standard InChI is InChI=1S/C20H23F6NO3/c1-3-27(4-2)17-10-8-15(9-11-17)6-5-7-16(12-29-13-19(21,22)23)18(28)30-14-20(24,25)26/h5-11H,3-4,12-14H2,1-2H3. The first kappa shape index (κ1) is 25.5. The van der Waals surface area contributed by atoms with Crippen LogP contribution in [0.5, 0.6) is 0 Å². The number of esters is 1. The minimum atomic E-state index is -4.75. The van der Waals surface area contributed by atoms with Gasteiger partial charge in [0.2, 0.25) is 0 Å². The summed E-state index contributed by atoms with van der Waals surface area (Å²) in [7, 11) is 0. The molecule has 0 spiro atoms. The van der Waals surface area contributed by atoms with Gasteiger partial charge < -0.3 is 14.4 Å². The lowest BCUT2D eigenvalue weighted by atomic mass is 10.1. The Morgan fingerprint density at radius 2 is 1.53 bits per heavy atom. The Labute approximate surface area is 170 Å². The van der Waals surface area contributed by atoms with E-state index in [-0.39, 0.29) is 0 Å². The maximum Gasteiger partial charge on any atom is 0.422 e. The number of hydrogen-bond donors (Lipinski definition) is 0. The average Bonchev–Trinajstić information content (AvgIpc) is 2.65. The SMILES string of the molecule is CCN(CC)c1ccc(C=CC=C(COCC(F)(F)F)C(=O)OCC(F)(F)F)cc1. The summed E-state index contributed by atoms with van der Waals surface area (Å²) in [5.41, 5.74) is 1.26. The van der Waals surface area contributed by atoms with Crippen molar-refractivity contribution in [1.82, 2.24) is 0 Å². The van der Waals surface area contributed by atoms with Crippen LogP contribution in [-0.2, 0) is 14.3 Å². The van der Waals surface area contributed by atoms with Gasteiger partial charge in [-0.05, 0) is 37.6 Å². The molecule has 1 aromatic rings. The van der Waals surface area contributed by atoms with Gasteiger partial charge in [-0.3, -0.25) is 0 Å². The molecule has 0 fully saturated rings. The van der Waals surface area contributed by atoms with Crippen molar-refractivity contribution >= 4 is 17.7 Å². The fourth-order valence-corrected chi connectivity index (χ4v) is 2.35. The van der Waals surface area contributed by atoms with E-state index >= 15 is 0 Å². The van der Waals surface area contributed by atoms with E-state index in [0.717, 1.165) is 30.4 Å². The first-order valence-corrected chi connectivity index (χ1v) is 9.05. The van der Waals surface area contributed by atoms with E-state index in [2.05, 4.69) is 14.4 Å². The molecule has 0 heterocycles. The molecule has 30 heavy (non-hydrogen) atoms. The van der Waals surface area contributed by atoms with Gasteiger partial charge in [-0.1, -0.05) is 24.3 Å². The number of carbonyl (C=O) groups excluding carboxylic acids is 1. The molecular formula is C20H23F6NO3. The molecule has 10 heteroatoms. The van der Waals surface area contributed by atoms with Crippen molar-refractivity contribution in [3.8, 4) is 0 Å². The second-order valence-corrected chi connectivity index (χ2v) is 6.11. The molecule has 0 N–H and O–H groups in total. The van der Waals surface area contributed by atoms with E-state index in [0.29, 0.717) is 0 Å². The fourth-order valence-electron chi connectivity index (χ4n) is 2.35. The summed E-state index contributed by atoms with van der Waals surface area (Å²) in [5, 5.41) is 0. The quantitative estimate of drug-likeness (QED) is 0.219. The van der Waals surface area contributed by atoms with Crippen molar-refractivity contribution in [1.29, 1.82) is 0 Å². The Kier molecular flexibility index (Phi) is 9.91. The largest absolute Gasteiger partial charge is 0.453 e. The van der Waals surface area contributed by atoms with E-state index in [1.54, 1.807) is 18.2 Å². The number of halogens is 6. The lowest BCUT2D eigenvalue weighted by Crippen LogP contribution is -2.24. The molecule has 0 saturated heterocycles. The Morgan fingerprint density at radius 3 is 2.03 bits per heavy atom. The highest BCUT2D eigenvalue weighted by atomic mass is 19.4. The number of hydrogen-bond acceptors (Lipinski definition) is 4. The highest BCUT2D eigenvalue weighted by Gasteiger charge is 2.31. The molecular weight excluding hydrogens is 416 g/mol. The summed E-state index contributed by atoms with van der Waals surface area (Å²) in [6.07, 6.45) is -5.45. The van der Waals surface area contributed by atoms with Gasteiger partial charge in [0.05, 0.1) is 12.2 Å². The van der Waals surface area contributed by atoms with Gasteiger partial charge in [0.25, 0.3) is 0 Å². The summed E-state index contributed by atoms with van der Waals surface area (Å²) in [5.74, 6) is -1.41. The van der Waals surface area contributed by atoms with Crippen LogP contribution in [0.25, 0.3) is 6.08 Å². The van der Waals surface area contributed by atoms with E-state index in [9.17, 15) is 31.1 Å². The maximum atomic E-state index is 12.2. The molecule has 168 valence electrons. The molecule has 0 radical (unpaired) electrons. The zero-order chi connectivity index (χ0) is 22.8. The van der Waals surface area contributed by atoms with Crippen molar-refractivity contribution < 1.29 is 40.6 Å². The molecule has 0 unspecified atom stereocenters. The van der Waals surface area contributed by atoms with Crippen molar-refractivity contribution in [3.05, 3.63) is 47.6 Å². The van der Waals surface area contributed by atoms with Crippen LogP contribution in [-0.4, -0.2) is 51.2 Å². The monoisotopic (exact) mass is 439 g/mol. The number of rotatable bonds is 10. The van der Waals surface area contributed by atoms with Crippen LogP contribution in [0.15, 0.2) is 42.0 Å². The zero-order valence-corrected chi connectivity index (χ0v) is 16.5. The highest BCUT2D eigenvalue weighted by molar-refractivity contribution is 5.89. The third-order valence-electron chi connectivity index (χ3n) is 3.76. The van der Waals surface area contributed by atoms with Gasteiger partial charge in [0.1, 0.15) is 6.61 Å². The fraction of sp³-hybridized carbons (Fsp3) is 0.450. The number of ether oxygens (including phenoxy) is 2. The summed E-state index contributed by atoms with van der Waals surface area (Å²) in [6, 6.07) is 7.34. The van der Waals surface area contributed by atoms with Crippen molar-refractivity contribution in [2.75, 3.05) is 37.8 Å². The first-order chi connectivity index (χ1) is 13.9. The second kappa shape index (κ2) is 11.6. The minimum absolute atomic E-state index is 0.473. The molecule has 0 aromatic heterocycles. The van der Waals surface area contributed by atoms with Gasteiger partial charge in [-0.2, -0.15) is 26.3 Å². The van der Waals surface area contributed by atoms with Crippen molar-refractivity contribution in [2.24, 2.45) is 0 Å². The van der Waals surface area contributed by atoms with E-state index < -0.39 is 43.7 Å². The van der Waals surface area contributed by atoms with Gasteiger partial charge >= 0.3 is 18.3 Å². The third kappa shape index (κ3) is 10.3. The number of allylic oxidation sites excluding steroid dienone is 2. The molecule has 0 aliphatic heterocycles. The highest BCUT2D eigenvalue weighted by Crippen LogP contribution is 2.18. The second-order valence-electron chi connectivity index (χ2n) is 6.11. The third-order valence-corrected chi connectivity index (χ3v) is 3.76. The van der Waals surface area contributed by atoms with Crippen molar-refractivity contribution in [3.63, 3.8) is 0 Å². The van der Waals surface area contributed by atoms with Crippen LogP contribution in [0, 0.1) is 0 Å². The van der Waals surface area contributed by atoms with Crippen LogP contribution < -0.4 is 4.90 Å². The molecule has 0 aliphatic carbocycles. The zero-order valence-electron chi connectivity index (χ0n) is 16.5. The maximum absolute atomic E-state index is 12.2. The summed E-state index contributed by atoms with van der Waals surface area (Å²) in [4.78, 5) is 13.9. The molecule has 0 saturated carbocycles. The van der Waals surface area contributed by atoms with Gasteiger partial charge in [0.15, 0.2) is 6.61 Å². The molecule has 0 amide bonds. The Hall–Kier alpha value is -2.49. The van der Waals surface area contributed by atoms with Gasteiger partial charge in [-0.25, -0.2) is 4.79 Å². The number of benzene rings is 1. The summed E-state index contributed by atoms with van der Waals surface area (Å²) >= 11 is 0. The van der Waals surface area contributed by atoms with E-state index in [1.807, 2.05) is 26.0 Å². The predicted octanol–water partition coefficient (Wildman–Crippen LogP) is 5.16. The lowest BCUT2D eigenvalue weighted by molar-refractivity contribution is -0.185. The Bertz CT molecular complexity index is 720. The van der Waals surface area contributed by atoms with E-state index in [1.165, 1.54) is 6.08 Å². The summed E-state index contributed by atoms with van der Waals surface area (Å²) in [6.45, 7) is 1.35. The minimum Gasteiger partial charge on any atom is -0.453 e. The smallest absolute Gasteiger partial charge is 0.422 e. The van der Waals surface area contributed by atoms with Gasteiger partial charge in [0, 0.05) is 18.8 Å². The topological polar surface area (TPSA) is 38.8 Å². The molecule has 0 atom stereocenters. The Balaban J connectivity index is 2.87.